The van der Waals surface area contributed by atoms with E-state index >= 15 is 0 Å². The van der Waals surface area contributed by atoms with Crippen molar-refractivity contribution < 1.29 is 24.5 Å². The summed E-state index contributed by atoms with van der Waals surface area (Å²) in [5, 5.41) is 21.5. The third kappa shape index (κ3) is 2.06. The van der Waals surface area contributed by atoms with Crippen LogP contribution in [0.3, 0.4) is 0 Å². The monoisotopic (exact) mass is 378 g/mol. The second-order valence-electron chi connectivity index (χ2n) is 8.95. The number of ether oxygens (including phenoxy) is 1. The van der Waals surface area contributed by atoms with Gasteiger partial charge in [-0.05, 0) is 55.6 Å². The van der Waals surface area contributed by atoms with Gasteiger partial charge in [0.25, 0.3) is 0 Å². The molecule has 8 atom stereocenters. The second-order valence-corrected chi connectivity index (χ2v) is 9.39. The molecule has 5 nitrogen and oxygen atoms in total. The molecule has 0 aromatic rings. The molecule has 2 saturated carbocycles. The van der Waals surface area contributed by atoms with Gasteiger partial charge in [0, 0.05) is 11.8 Å². The first-order chi connectivity index (χ1) is 12.1. The fourth-order valence-corrected chi connectivity index (χ4v) is 6.73. The van der Waals surface area contributed by atoms with Crippen LogP contribution in [0.1, 0.15) is 39.5 Å². The first kappa shape index (κ1) is 18.3. The molecule has 1 saturated heterocycles. The van der Waals surface area contributed by atoms with Crippen LogP contribution < -0.4 is 0 Å². The lowest BCUT2D eigenvalue weighted by Crippen LogP contribution is -2.58. The molecule has 3 fully saturated rings. The standard InChI is InChI=1S/C20H26O5S/c1-10-8-19-9-20(10,24)7-6-12(19)13-4-5-14(21)18(3,17(23)25-13)11(2)15(19)16(22)26/h4-5,11-15,21,24H,1,6-9H2,2-3H3,(H,22,26). The van der Waals surface area contributed by atoms with Crippen LogP contribution in [-0.4, -0.2) is 39.1 Å². The highest BCUT2D eigenvalue weighted by molar-refractivity contribution is 7.96. The summed E-state index contributed by atoms with van der Waals surface area (Å²) in [5.41, 5.74) is -2.03. The second kappa shape index (κ2) is 5.46. The van der Waals surface area contributed by atoms with E-state index < -0.39 is 46.4 Å². The smallest absolute Gasteiger partial charge is 0.315 e. The first-order valence-electron chi connectivity index (χ1n) is 9.27. The number of carbonyl (C=O) groups is 2. The van der Waals surface area contributed by atoms with Crippen LogP contribution in [0.2, 0.25) is 0 Å². The molecule has 0 aromatic carbocycles. The number of hydrogen-bond donors (Lipinski definition) is 3. The summed E-state index contributed by atoms with van der Waals surface area (Å²) in [6.07, 6.45) is 3.97. The maximum Gasteiger partial charge on any atom is 0.315 e. The molecule has 8 unspecified atom stereocenters. The summed E-state index contributed by atoms with van der Waals surface area (Å²) in [4.78, 5) is 25.7. The maximum absolute atomic E-state index is 12.9. The van der Waals surface area contributed by atoms with Crippen LogP contribution >= 0.6 is 12.6 Å². The Morgan fingerprint density at radius 2 is 2.12 bits per heavy atom. The van der Waals surface area contributed by atoms with Crippen molar-refractivity contribution >= 4 is 23.7 Å². The summed E-state index contributed by atoms with van der Waals surface area (Å²) >= 11 is 4.21. The van der Waals surface area contributed by atoms with E-state index in [4.69, 9.17) is 4.74 Å². The van der Waals surface area contributed by atoms with Gasteiger partial charge in [-0.1, -0.05) is 19.6 Å². The van der Waals surface area contributed by atoms with Crippen molar-refractivity contribution in [2.75, 3.05) is 0 Å². The minimum atomic E-state index is -1.24. The van der Waals surface area contributed by atoms with E-state index in [1.165, 1.54) is 0 Å². The topological polar surface area (TPSA) is 83.8 Å². The van der Waals surface area contributed by atoms with Gasteiger partial charge in [0.05, 0.1) is 17.1 Å². The van der Waals surface area contributed by atoms with E-state index in [0.717, 1.165) is 5.57 Å². The highest BCUT2D eigenvalue weighted by Crippen LogP contribution is 2.67. The van der Waals surface area contributed by atoms with Crippen LogP contribution in [0.25, 0.3) is 0 Å². The van der Waals surface area contributed by atoms with E-state index in [1.54, 1.807) is 19.1 Å². The molecule has 0 radical (unpaired) electrons. The zero-order valence-electron chi connectivity index (χ0n) is 15.1. The normalized spacial score (nSPS) is 52.7. The van der Waals surface area contributed by atoms with Gasteiger partial charge in [-0.25, -0.2) is 0 Å². The molecule has 4 rings (SSSR count). The van der Waals surface area contributed by atoms with Gasteiger partial charge in [-0.2, -0.15) is 0 Å². The van der Waals surface area contributed by atoms with Crippen molar-refractivity contribution in [1.29, 1.82) is 0 Å². The maximum atomic E-state index is 12.9. The largest absolute Gasteiger partial charge is 0.457 e. The first-order valence-corrected chi connectivity index (χ1v) is 9.72. The predicted octanol–water partition coefficient (Wildman–Crippen LogP) is 2.04. The molecule has 4 aliphatic rings. The Morgan fingerprint density at radius 1 is 1.42 bits per heavy atom. The van der Waals surface area contributed by atoms with Crippen molar-refractivity contribution in [2.24, 2.45) is 28.6 Å². The molecule has 0 aromatic heterocycles. The number of hydrogen-bond acceptors (Lipinski definition) is 5. The summed E-state index contributed by atoms with van der Waals surface area (Å²) in [7, 11) is 0. The van der Waals surface area contributed by atoms with Crippen LogP contribution in [0, 0.1) is 28.6 Å². The molecule has 4 bridgehead atoms. The van der Waals surface area contributed by atoms with E-state index in [2.05, 4.69) is 19.2 Å². The quantitative estimate of drug-likeness (QED) is 0.369. The van der Waals surface area contributed by atoms with Gasteiger partial charge in [0.15, 0.2) is 5.12 Å². The lowest BCUT2D eigenvalue weighted by atomic mass is 9.52. The van der Waals surface area contributed by atoms with Crippen molar-refractivity contribution in [1.82, 2.24) is 0 Å². The lowest BCUT2D eigenvalue weighted by Gasteiger charge is -2.54. The van der Waals surface area contributed by atoms with E-state index in [0.29, 0.717) is 25.7 Å². The Morgan fingerprint density at radius 3 is 2.77 bits per heavy atom. The zero-order chi connectivity index (χ0) is 19.1. The molecule has 1 spiro atoms. The zero-order valence-corrected chi connectivity index (χ0v) is 16.0. The fourth-order valence-electron chi connectivity index (χ4n) is 6.25. The number of esters is 1. The minimum absolute atomic E-state index is 0.111. The predicted molar refractivity (Wildman–Crippen MR) is 98.3 cm³/mol. The van der Waals surface area contributed by atoms with E-state index in [1.807, 2.05) is 6.92 Å². The van der Waals surface area contributed by atoms with Crippen LogP contribution in [0.5, 0.6) is 0 Å². The Balaban J connectivity index is 1.96. The Bertz CT molecular complexity index is 732. The number of aliphatic hydroxyl groups is 2. The van der Waals surface area contributed by atoms with Gasteiger partial charge in [0.1, 0.15) is 6.10 Å². The highest BCUT2D eigenvalue weighted by atomic mass is 32.1. The fraction of sp³-hybridized carbons (Fsp3) is 0.700. The molecule has 6 heteroatoms. The van der Waals surface area contributed by atoms with E-state index in [-0.39, 0.29) is 11.0 Å². The minimum Gasteiger partial charge on any atom is -0.457 e. The van der Waals surface area contributed by atoms with Crippen molar-refractivity contribution in [3.63, 3.8) is 0 Å². The van der Waals surface area contributed by atoms with Crippen molar-refractivity contribution in [3.8, 4) is 0 Å². The van der Waals surface area contributed by atoms with Gasteiger partial charge in [-0.3, -0.25) is 9.59 Å². The Hall–Kier alpha value is -1.11. The van der Waals surface area contributed by atoms with Crippen molar-refractivity contribution in [3.05, 3.63) is 24.3 Å². The summed E-state index contributed by atoms with van der Waals surface area (Å²) in [5.74, 6) is -1.65. The molecule has 2 heterocycles. The van der Waals surface area contributed by atoms with E-state index in [9.17, 15) is 19.8 Å². The summed E-state index contributed by atoms with van der Waals surface area (Å²) in [6, 6.07) is 0. The molecule has 2 aliphatic carbocycles. The number of thiol groups is 1. The van der Waals surface area contributed by atoms with Gasteiger partial charge >= 0.3 is 5.97 Å². The third-order valence-corrected chi connectivity index (χ3v) is 8.22. The van der Waals surface area contributed by atoms with Crippen LogP contribution in [-0.2, 0) is 14.3 Å². The molecule has 26 heavy (non-hydrogen) atoms. The SMILES string of the molecule is C=C1CC23CC1(O)CCC2C1C=CC(O)C(C)(C(=O)O1)C(C)C3C(=O)S. The Labute approximate surface area is 158 Å². The molecular formula is C20H26O5S. The van der Waals surface area contributed by atoms with Gasteiger partial charge in [0.2, 0.25) is 0 Å². The van der Waals surface area contributed by atoms with Crippen LogP contribution in [0.15, 0.2) is 24.3 Å². The molecule has 0 amide bonds. The number of carbonyl (C=O) groups excluding carboxylic acids is 2. The van der Waals surface area contributed by atoms with Crippen LogP contribution in [0.4, 0.5) is 0 Å². The summed E-state index contributed by atoms with van der Waals surface area (Å²) < 4.78 is 5.84. The lowest BCUT2D eigenvalue weighted by molar-refractivity contribution is -0.191. The summed E-state index contributed by atoms with van der Waals surface area (Å²) in [6.45, 7) is 7.58. The van der Waals surface area contributed by atoms with Crippen molar-refractivity contribution in [2.45, 2.75) is 57.3 Å². The average Bonchev–Trinajstić information content (AvgIpc) is 2.69. The molecular weight excluding hydrogens is 352 g/mol. The Kier molecular flexibility index (Phi) is 3.83. The molecule has 2 aliphatic heterocycles. The number of rotatable bonds is 1. The van der Waals surface area contributed by atoms with Gasteiger partial charge < -0.3 is 14.9 Å². The molecule has 142 valence electrons. The molecule has 2 N–H and O–H groups in total. The van der Waals surface area contributed by atoms with Gasteiger partial charge in [-0.15, -0.1) is 12.6 Å². The third-order valence-electron chi connectivity index (χ3n) is 7.94. The number of aliphatic hydroxyl groups excluding tert-OH is 1. The highest BCUT2D eigenvalue weighted by Gasteiger charge is 2.68. The number of fused-ring (bicyclic) bond motifs is 5. The average molecular weight is 378 g/mol.